The Morgan fingerprint density at radius 3 is 2.67 bits per heavy atom. The molecule has 4 nitrogen and oxygen atoms in total. The molecule has 1 unspecified atom stereocenters. The number of nitrogens with two attached hydrogens (primary N) is 2. The lowest BCUT2D eigenvalue weighted by Crippen LogP contribution is -2.41. The summed E-state index contributed by atoms with van der Waals surface area (Å²) in [5, 5.41) is 0. The van der Waals surface area contributed by atoms with Crippen LogP contribution in [0.2, 0.25) is 0 Å². The zero-order chi connectivity index (χ0) is 13.5. The van der Waals surface area contributed by atoms with Gasteiger partial charge in [0.05, 0.1) is 7.11 Å². The predicted molar refractivity (Wildman–Crippen MR) is 76.0 cm³/mol. The van der Waals surface area contributed by atoms with Gasteiger partial charge < -0.3 is 21.1 Å². The highest BCUT2D eigenvalue weighted by Crippen LogP contribution is 2.18. The second kappa shape index (κ2) is 7.36. The van der Waals surface area contributed by atoms with Gasteiger partial charge in [0.25, 0.3) is 0 Å². The second-order valence-corrected chi connectivity index (χ2v) is 4.81. The van der Waals surface area contributed by atoms with E-state index in [0.29, 0.717) is 6.54 Å². The van der Waals surface area contributed by atoms with Crippen molar-refractivity contribution >= 4 is 0 Å². The van der Waals surface area contributed by atoms with Gasteiger partial charge in [-0.15, -0.1) is 0 Å². The minimum atomic E-state index is 0.0626. The first-order valence-electron chi connectivity index (χ1n) is 6.34. The summed E-state index contributed by atoms with van der Waals surface area (Å²) in [4.78, 5) is 2.22. The van der Waals surface area contributed by atoms with Crippen molar-refractivity contribution in [3.63, 3.8) is 0 Å². The Labute approximate surface area is 110 Å². The average Bonchev–Trinajstić information content (AvgIpc) is 2.36. The molecule has 0 saturated heterocycles. The first-order chi connectivity index (χ1) is 8.56. The van der Waals surface area contributed by atoms with Gasteiger partial charge in [-0.05, 0) is 37.6 Å². The molecule has 0 amide bonds. The number of benzene rings is 1. The molecule has 0 heterocycles. The summed E-state index contributed by atoms with van der Waals surface area (Å²) < 4.78 is 5.25. The molecule has 0 aliphatic heterocycles. The molecule has 0 saturated carbocycles. The largest absolute Gasteiger partial charge is 0.496 e. The molecule has 1 aromatic carbocycles. The number of ether oxygens (including phenoxy) is 1. The van der Waals surface area contributed by atoms with Gasteiger partial charge >= 0.3 is 0 Å². The van der Waals surface area contributed by atoms with E-state index in [1.807, 2.05) is 6.07 Å². The van der Waals surface area contributed by atoms with Gasteiger partial charge in [-0.3, -0.25) is 0 Å². The average molecular weight is 251 g/mol. The van der Waals surface area contributed by atoms with Crippen LogP contribution in [0.4, 0.5) is 0 Å². The summed E-state index contributed by atoms with van der Waals surface area (Å²) in [7, 11) is 3.77. The number of hydrogen-bond acceptors (Lipinski definition) is 4. The SMILES string of the molecule is COc1ccc(CCN(C)CC(N)CN)cc1C. The Hall–Kier alpha value is -1.10. The summed E-state index contributed by atoms with van der Waals surface area (Å²) in [6.45, 7) is 4.42. The summed E-state index contributed by atoms with van der Waals surface area (Å²) in [5.74, 6) is 0.942. The minimum Gasteiger partial charge on any atom is -0.496 e. The van der Waals surface area contributed by atoms with Crippen molar-refractivity contribution in [2.75, 3.05) is 33.8 Å². The van der Waals surface area contributed by atoms with Crippen molar-refractivity contribution in [1.29, 1.82) is 0 Å². The molecule has 4 heteroatoms. The number of likely N-dealkylation sites (N-methyl/N-ethyl adjacent to an activating group) is 1. The standard InChI is InChI=1S/C14H25N3O/c1-11-8-12(4-5-14(11)18-3)6-7-17(2)10-13(16)9-15/h4-5,8,13H,6-7,9-10,15-16H2,1-3H3. The van der Waals surface area contributed by atoms with Crippen molar-refractivity contribution in [3.8, 4) is 5.75 Å². The molecule has 1 atom stereocenters. The maximum absolute atomic E-state index is 5.82. The van der Waals surface area contributed by atoms with Crippen LogP contribution >= 0.6 is 0 Å². The fourth-order valence-corrected chi connectivity index (χ4v) is 1.98. The monoisotopic (exact) mass is 251 g/mol. The number of nitrogens with zero attached hydrogens (tertiary/aromatic N) is 1. The molecule has 0 fully saturated rings. The summed E-state index contributed by atoms with van der Waals surface area (Å²) >= 11 is 0. The molecule has 0 spiro atoms. The molecule has 0 radical (unpaired) electrons. The Kier molecular flexibility index (Phi) is 6.12. The first kappa shape index (κ1) is 15.0. The van der Waals surface area contributed by atoms with Crippen LogP contribution < -0.4 is 16.2 Å². The van der Waals surface area contributed by atoms with E-state index in [2.05, 4.69) is 31.0 Å². The molecule has 0 aliphatic rings. The predicted octanol–water partition coefficient (Wildman–Crippen LogP) is 0.764. The van der Waals surface area contributed by atoms with Crippen LogP contribution in [0.3, 0.4) is 0 Å². The Morgan fingerprint density at radius 2 is 2.11 bits per heavy atom. The molecule has 102 valence electrons. The molecular weight excluding hydrogens is 226 g/mol. The van der Waals surface area contributed by atoms with Crippen molar-refractivity contribution in [2.24, 2.45) is 11.5 Å². The molecule has 18 heavy (non-hydrogen) atoms. The van der Waals surface area contributed by atoms with Crippen molar-refractivity contribution in [2.45, 2.75) is 19.4 Å². The minimum absolute atomic E-state index is 0.0626. The van der Waals surface area contributed by atoms with Gasteiger partial charge in [0.15, 0.2) is 0 Å². The number of rotatable bonds is 7. The van der Waals surface area contributed by atoms with E-state index in [1.54, 1.807) is 7.11 Å². The Bertz CT molecular complexity index is 368. The fraction of sp³-hybridized carbons (Fsp3) is 0.571. The van der Waals surface area contributed by atoms with Gasteiger partial charge in [-0.25, -0.2) is 0 Å². The van der Waals surface area contributed by atoms with E-state index in [1.165, 1.54) is 11.1 Å². The Balaban J connectivity index is 2.46. The second-order valence-electron chi connectivity index (χ2n) is 4.81. The first-order valence-corrected chi connectivity index (χ1v) is 6.34. The Morgan fingerprint density at radius 1 is 1.39 bits per heavy atom. The van der Waals surface area contributed by atoms with E-state index < -0.39 is 0 Å². The maximum Gasteiger partial charge on any atom is 0.121 e. The summed E-state index contributed by atoms with van der Waals surface area (Å²) in [6.07, 6.45) is 1.01. The van der Waals surface area contributed by atoms with E-state index >= 15 is 0 Å². The quantitative estimate of drug-likeness (QED) is 0.751. The smallest absolute Gasteiger partial charge is 0.121 e. The zero-order valence-electron chi connectivity index (χ0n) is 11.6. The van der Waals surface area contributed by atoms with Gasteiger partial charge in [0.2, 0.25) is 0 Å². The number of hydrogen-bond donors (Lipinski definition) is 2. The molecule has 1 rings (SSSR count). The molecule has 0 aromatic heterocycles. The summed E-state index contributed by atoms with van der Waals surface area (Å²) in [5.41, 5.74) is 13.8. The van der Waals surface area contributed by atoms with Crippen LogP contribution in [0.15, 0.2) is 18.2 Å². The fourth-order valence-electron chi connectivity index (χ4n) is 1.98. The van der Waals surface area contributed by atoms with Crippen LogP contribution in [0.5, 0.6) is 5.75 Å². The van der Waals surface area contributed by atoms with E-state index in [9.17, 15) is 0 Å². The van der Waals surface area contributed by atoms with Gasteiger partial charge in [0.1, 0.15) is 5.75 Å². The molecule has 0 bridgehead atoms. The normalized spacial score (nSPS) is 12.8. The highest BCUT2D eigenvalue weighted by atomic mass is 16.5. The molecule has 1 aromatic rings. The zero-order valence-corrected chi connectivity index (χ0v) is 11.6. The van der Waals surface area contributed by atoms with Crippen molar-refractivity contribution < 1.29 is 4.74 Å². The van der Waals surface area contributed by atoms with Crippen LogP contribution in [-0.4, -0.2) is 44.7 Å². The highest BCUT2D eigenvalue weighted by molar-refractivity contribution is 5.36. The van der Waals surface area contributed by atoms with Crippen LogP contribution in [0.25, 0.3) is 0 Å². The highest BCUT2D eigenvalue weighted by Gasteiger charge is 2.06. The third-order valence-corrected chi connectivity index (χ3v) is 3.09. The topological polar surface area (TPSA) is 64.5 Å². The van der Waals surface area contributed by atoms with Crippen molar-refractivity contribution in [1.82, 2.24) is 4.90 Å². The van der Waals surface area contributed by atoms with Gasteiger partial charge in [-0.2, -0.15) is 0 Å². The van der Waals surface area contributed by atoms with Crippen molar-refractivity contribution in [3.05, 3.63) is 29.3 Å². The lowest BCUT2D eigenvalue weighted by molar-refractivity contribution is 0.316. The number of methoxy groups -OCH3 is 1. The lowest BCUT2D eigenvalue weighted by atomic mass is 10.1. The van der Waals surface area contributed by atoms with Gasteiger partial charge in [-0.1, -0.05) is 12.1 Å². The third kappa shape index (κ3) is 4.64. The van der Waals surface area contributed by atoms with Crippen LogP contribution in [0, 0.1) is 6.92 Å². The summed E-state index contributed by atoms with van der Waals surface area (Å²) in [6, 6.07) is 6.38. The lowest BCUT2D eigenvalue weighted by Gasteiger charge is -2.20. The van der Waals surface area contributed by atoms with E-state index in [4.69, 9.17) is 16.2 Å². The van der Waals surface area contributed by atoms with E-state index in [0.717, 1.165) is 25.3 Å². The molecular formula is C14H25N3O. The third-order valence-electron chi connectivity index (χ3n) is 3.09. The van der Waals surface area contributed by atoms with E-state index in [-0.39, 0.29) is 6.04 Å². The molecule has 0 aliphatic carbocycles. The number of aryl methyl sites for hydroxylation is 1. The molecule has 4 N–H and O–H groups in total. The van der Waals surface area contributed by atoms with Crippen LogP contribution in [-0.2, 0) is 6.42 Å². The van der Waals surface area contributed by atoms with Gasteiger partial charge in [0, 0.05) is 25.7 Å². The maximum atomic E-state index is 5.82. The van der Waals surface area contributed by atoms with Crippen LogP contribution in [0.1, 0.15) is 11.1 Å².